The molecule has 50 valence electrons. The zero-order valence-electron chi connectivity index (χ0n) is 5.52. The summed E-state index contributed by atoms with van der Waals surface area (Å²) in [4.78, 5) is 3.74. The van der Waals surface area contributed by atoms with Gasteiger partial charge in [0.15, 0.2) is 0 Å². The highest BCUT2D eigenvalue weighted by Gasteiger charge is 1.81. The molecule has 0 aliphatic heterocycles. The second-order valence-electron chi connectivity index (χ2n) is 1.65. The van der Waals surface area contributed by atoms with Crippen LogP contribution in [0.5, 0.6) is 0 Å². The molecule has 0 aromatic heterocycles. The van der Waals surface area contributed by atoms with Gasteiger partial charge in [0.25, 0.3) is 0 Å². The Morgan fingerprint density at radius 3 is 2.56 bits per heavy atom. The molecule has 0 saturated carbocycles. The van der Waals surface area contributed by atoms with Crippen molar-refractivity contribution in [1.29, 1.82) is 0 Å². The van der Waals surface area contributed by atoms with Crippen molar-refractivity contribution in [3.05, 3.63) is 23.9 Å². The van der Waals surface area contributed by atoms with Crippen LogP contribution in [0.15, 0.2) is 28.9 Å². The molecule has 0 aromatic rings. The fraction of sp³-hybridized carbons (Fsp3) is 0.286. The van der Waals surface area contributed by atoms with Gasteiger partial charge in [-0.25, -0.2) is 4.99 Å². The summed E-state index contributed by atoms with van der Waals surface area (Å²) in [6, 6.07) is 0. The van der Waals surface area contributed by atoms with Gasteiger partial charge in [0.1, 0.15) is 5.16 Å². The molecule has 0 aliphatic carbocycles. The third-order valence-electron chi connectivity index (χ3n) is 0.841. The van der Waals surface area contributed by atoms with Gasteiger partial charge in [0.2, 0.25) is 0 Å². The van der Waals surface area contributed by atoms with E-state index in [9.17, 15) is 0 Å². The lowest BCUT2D eigenvalue weighted by Crippen LogP contribution is -1.77. The van der Waals surface area contributed by atoms with Crippen LogP contribution >= 0.6 is 11.6 Å². The lowest BCUT2D eigenvalue weighted by Gasteiger charge is -1.88. The normalized spacial score (nSPS) is 10.0. The molecule has 0 amide bonds. The topological polar surface area (TPSA) is 12.4 Å². The Balaban J connectivity index is 3.71. The Kier molecular flexibility index (Phi) is 4.06. The minimum absolute atomic E-state index is 0.296. The maximum absolute atomic E-state index is 5.35. The van der Waals surface area contributed by atoms with Crippen LogP contribution in [-0.2, 0) is 0 Å². The molecule has 0 fully saturated rings. The van der Waals surface area contributed by atoms with Crippen LogP contribution < -0.4 is 0 Å². The Morgan fingerprint density at radius 1 is 1.67 bits per heavy atom. The average molecular weight is 144 g/mol. The summed E-state index contributed by atoms with van der Waals surface area (Å²) in [5.41, 5.74) is 0.955. The van der Waals surface area contributed by atoms with E-state index in [0.29, 0.717) is 5.16 Å². The number of allylic oxidation sites excluding steroid dienone is 1. The number of hydrogen-bond donors (Lipinski definition) is 0. The van der Waals surface area contributed by atoms with Crippen molar-refractivity contribution in [2.75, 3.05) is 0 Å². The highest BCUT2D eigenvalue weighted by atomic mass is 35.5. The largest absolute Gasteiger partial charge is 0.245 e. The smallest absolute Gasteiger partial charge is 0.121 e. The molecule has 0 radical (unpaired) electrons. The summed E-state index contributed by atoms with van der Waals surface area (Å²) in [5.74, 6) is 0. The second-order valence-corrected chi connectivity index (χ2v) is 2.08. The van der Waals surface area contributed by atoms with E-state index < -0.39 is 0 Å². The van der Waals surface area contributed by atoms with Gasteiger partial charge in [0, 0.05) is 6.21 Å². The highest BCUT2D eigenvalue weighted by Crippen LogP contribution is 1.99. The predicted molar refractivity (Wildman–Crippen MR) is 42.9 cm³/mol. The van der Waals surface area contributed by atoms with Crippen molar-refractivity contribution in [2.24, 2.45) is 4.99 Å². The van der Waals surface area contributed by atoms with Crippen LogP contribution in [-0.4, -0.2) is 6.21 Å². The van der Waals surface area contributed by atoms with Gasteiger partial charge in [-0.2, -0.15) is 0 Å². The summed E-state index contributed by atoms with van der Waals surface area (Å²) in [5, 5.41) is 0.296. The Labute approximate surface area is 60.7 Å². The molecule has 0 rings (SSSR count). The van der Waals surface area contributed by atoms with Crippen LogP contribution in [0.25, 0.3) is 0 Å². The molecule has 0 heterocycles. The van der Waals surface area contributed by atoms with Crippen molar-refractivity contribution < 1.29 is 0 Å². The van der Waals surface area contributed by atoms with E-state index >= 15 is 0 Å². The van der Waals surface area contributed by atoms with E-state index in [-0.39, 0.29) is 0 Å². The van der Waals surface area contributed by atoms with Crippen molar-refractivity contribution >= 4 is 17.8 Å². The quantitative estimate of drug-likeness (QED) is 0.426. The SMILES string of the molecule is C=C(C=NC(=C)Cl)CC. The second kappa shape index (κ2) is 4.33. The molecule has 2 heteroatoms. The van der Waals surface area contributed by atoms with Gasteiger partial charge >= 0.3 is 0 Å². The van der Waals surface area contributed by atoms with Gasteiger partial charge in [-0.05, 0) is 12.0 Å². The van der Waals surface area contributed by atoms with Gasteiger partial charge in [-0.1, -0.05) is 31.7 Å². The number of aliphatic imine (C=N–C) groups is 1. The zero-order valence-corrected chi connectivity index (χ0v) is 6.28. The van der Waals surface area contributed by atoms with Gasteiger partial charge in [-0.3, -0.25) is 0 Å². The number of nitrogens with zero attached hydrogens (tertiary/aromatic N) is 1. The molecular weight excluding hydrogens is 134 g/mol. The van der Waals surface area contributed by atoms with Crippen LogP contribution in [0.3, 0.4) is 0 Å². The summed E-state index contributed by atoms with van der Waals surface area (Å²) in [7, 11) is 0. The molecule has 0 aliphatic rings. The molecule has 9 heavy (non-hydrogen) atoms. The van der Waals surface area contributed by atoms with E-state index in [2.05, 4.69) is 18.2 Å². The molecule has 0 unspecified atom stereocenters. The monoisotopic (exact) mass is 143 g/mol. The molecule has 0 bridgehead atoms. The van der Waals surface area contributed by atoms with Crippen molar-refractivity contribution in [3.8, 4) is 0 Å². The van der Waals surface area contributed by atoms with Crippen LogP contribution in [0, 0.1) is 0 Å². The molecule has 0 aromatic carbocycles. The van der Waals surface area contributed by atoms with Gasteiger partial charge < -0.3 is 0 Å². The molecule has 0 saturated heterocycles. The van der Waals surface area contributed by atoms with E-state index in [1.165, 1.54) is 0 Å². The van der Waals surface area contributed by atoms with Gasteiger partial charge in [-0.15, -0.1) is 0 Å². The third kappa shape index (κ3) is 5.31. The minimum Gasteiger partial charge on any atom is -0.245 e. The average Bonchev–Trinajstić information content (AvgIpc) is 1.83. The van der Waals surface area contributed by atoms with Crippen molar-refractivity contribution in [3.63, 3.8) is 0 Å². The van der Waals surface area contributed by atoms with E-state index in [1.54, 1.807) is 6.21 Å². The van der Waals surface area contributed by atoms with Crippen molar-refractivity contribution in [2.45, 2.75) is 13.3 Å². The first-order valence-electron chi connectivity index (χ1n) is 2.73. The highest BCUT2D eigenvalue weighted by molar-refractivity contribution is 6.29. The lowest BCUT2D eigenvalue weighted by molar-refractivity contribution is 1.19. The minimum atomic E-state index is 0.296. The molecule has 1 nitrogen and oxygen atoms in total. The lowest BCUT2D eigenvalue weighted by atomic mass is 10.3. The standard InChI is InChI=1S/C7H10ClN/c1-4-6(2)5-9-7(3)8/h5H,2-4H2,1H3. The maximum atomic E-state index is 5.35. The first kappa shape index (κ1) is 8.44. The summed E-state index contributed by atoms with van der Waals surface area (Å²) < 4.78 is 0. The number of hydrogen-bond acceptors (Lipinski definition) is 1. The number of halogens is 1. The Bertz CT molecular complexity index is 147. The van der Waals surface area contributed by atoms with Crippen LogP contribution in [0.4, 0.5) is 0 Å². The number of rotatable bonds is 3. The summed E-state index contributed by atoms with van der Waals surface area (Å²) in [6.45, 7) is 9.09. The molecule has 0 N–H and O–H groups in total. The first-order chi connectivity index (χ1) is 4.16. The summed E-state index contributed by atoms with van der Waals surface area (Å²) >= 11 is 5.35. The zero-order chi connectivity index (χ0) is 7.28. The summed E-state index contributed by atoms with van der Waals surface area (Å²) in [6.07, 6.45) is 2.52. The fourth-order valence-corrected chi connectivity index (χ4v) is 0.301. The maximum Gasteiger partial charge on any atom is 0.121 e. The van der Waals surface area contributed by atoms with E-state index in [4.69, 9.17) is 11.6 Å². The van der Waals surface area contributed by atoms with Crippen LogP contribution in [0.1, 0.15) is 13.3 Å². The fourth-order valence-electron chi connectivity index (χ4n) is 0.253. The molecule has 0 atom stereocenters. The van der Waals surface area contributed by atoms with E-state index in [0.717, 1.165) is 12.0 Å². The molecule has 0 spiro atoms. The van der Waals surface area contributed by atoms with Gasteiger partial charge in [0.05, 0.1) is 0 Å². The Morgan fingerprint density at radius 2 is 2.22 bits per heavy atom. The van der Waals surface area contributed by atoms with E-state index in [1.807, 2.05) is 6.92 Å². The Hall–Kier alpha value is -0.560. The van der Waals surface area contributed by atoms with Crippen molar-refractivity contribution in [1.82, 2.24) is 0 Å². The molecular formula is C7H10ClN. The predicted octanol–water partition coefficient (Wildman–Crippen LogP) is 2.73. The first-order valence-corrected chi connectivity index (χ1v) is 3.11. The third-order valence-corrected chi connectivity index (χ3v) is 0.939. The van der Waals surface area contributed by atoms with Crippen LogP contribution in [0.2, 0.25) is 0 Å².